The van der Waals surface area contributed by atoms with Crippen LogP contribution < -0.4 is 4.90 Å². The van der Waals surface area contributed by atoms with E-state index in [9.17, 15) is 4.79 Å². The number of hydrogen-bond donors (Lipinski definition) is 0. The third kappa shape index (κ3) is 2.92. The Balaban J connectivity index is 1.69. The molecule has 0 bridgehead atoms. The van der Waals surface area contributed by atoms with Crippen molar-refractivity contribution in [3.8, 4) is 0 Å². The number of aromatic nitrogens is 4. The van der Waals surface area contributed by atoms with Crippen molar-refractivity contribution in [2.75, 3.05) is 11.4 Å². The summed E-state index contributed by atoms with van der Waals surface area (Å²) in [5.41, 5.74) is 3.41. The molecule has 0 atom stereocenters. The Morgan fingerprint density at radius 1 is 1.38 bits per heavy atom. The van der Waals surface area contributed by atoms with Gasteiger partial charge in [-0.1, -0.05) is 11.3 Å². The summed E-state index contributed by atoms with van der Waals surface area (Å²) in [6, 6.07) is 5.55. The molecule has 0 radical (unpaired) electrons. The summed E-state index contributed by atoms with van der Waals surface area (Å²) in [5.74, 6) is -0.0797. The van der Waals surface area contributed by atoms with Crippen molar-refractivity contribution in [2.24, 2.45) is 0 Å². The zero-order chi connectivity index (χ0) is 18.1. The van der Waals surface area contributed by atoms with Crippen LogP contribution in [0.5, 0.6) is 0 Å². The highest BCUT2D eigenvalue weighted by molar-refractivity contribution is 7.16. The predicted molar refractivity (Wildman–Crippen MR) is 104 cm³/mol. The van der Waals surface area contributed by atoms with E-state index in [2.05, 4.69) is 16.9 Å². The van der Waals surface area contributed by atoms with E-state index in [-0.39, 0.29) is 5.91 Å². The highest BCUT2D eigenvalue weighted by Crippen LogP contribution is 2.32. The average molecular weight is 367 g/mol. The van der Waals surface area contributed by atoms with Gasteiger partial charge in [0.15, 0.2) is 5.13 Å². The molecule has 1 aromatic carbocycles. The molecule has 1 aliphatic rings. The topological polar surface area (TPSA) is 63.9 Å². The molecule has 0 spiro atoms. The van der Waals surface area contributed by atoms with Gasteiger partial charge in [-0.15, -0.1) is 23.0 Å². The minimum absolute atomic E-state index is 0.0797. The molecule has 134 valence electrons. The number of carbonyl (C=O) groups excluding carboxylic acids is 1. The molecule has 6 nitrogen and oxygen atoms in total. The molecule has 0 saturated carbocycles. The van der Waals surface area contributed by atoms with Crippen LogP contribution in [0.15, 0.2) is 30.9 Å². The number of aryl methyl sites for hydroxylation is 3. The van der Waals surface area contributed by atoms with E-state index in [0.717, 1.165) is 41.2 Å². The number of carbonyl (C=O) groups is 1. The van der Waals surface area contributed by atoms with Crippen molar-refractivity contribution in [3.63, 3.8) is 0 Å². The van der Waals surface area contributed by atoms with Gasteiger partial charge in [0.05, 0.1) is 11.2 Å². The van der Waals surface area contributed by atoms with E-state index >= 15 is 0 Å². The number of anilines is 1. The lowest BCUT2D eigenvalue weighted by Crippen LogP contribution is -2.31. The Labute approximate surface area is 156 Å². The molecular formula is C19H21N5OS. The molecule has 0 fully saturated rings. The van der Waals surface area contributed by atoms with E-state index in [0.29, 0.717) is 12.1 Å². The first kappa shape index (κ1) is 16.9. The van der Waals surface area contributed by atoms with Gasteiger partial charge in [0.2, 0.25) is 0 Å². The Morgan fingerprint density at radius 3 is 3.00 bits per heavy atom. The summed E-state index contributed by atoms with van der Waals surface area (Å²) in [5, 5.41) is 9.05. The van der Waals surface area contributed by atoms with Crippen molar-refractivity contribution in [2.45, 2.75) is 39.2 Å². The van der Waals surface area contributed by atoms with Crippen LogP contribution in [-0.4, -0.2) is 32.4 Å². The molecule has 0 N–H and O–H groups in total. The Morgan fingerprint density at radius 2 is 2.23 bits per heavy atom. The van der Waals surface area contributed by atoms with Gasteiger partial charge >= 0.3 is 0 Å². The second-order valence-electron chi connectivity index (χ2n) is 6.39. The van der Waals surface area contributed by atoms with Gasteiger partial charge in [0.25, 0.3) is 5.91 Å². The van der Waals surface area contributed by atoms with E-state index in [1.54, 1.807) is 28.4 Å². The summed E-state index contributed by atoms with van der Waals surface area (Å²) in [6.45, 7) is 7.01. The quantitative estimate of drug-likeness (QED) is 0.646. The fraction of sp³-hybridized carbons (Fsp3) is 0.368. The first-order valence-corrected chi connectivity index (χ1v) is 9.77. The van der Waals surface area contributed by atoms with Gasteiger partial charge in [-0.05, 0) is 50.8 Å². The fourth-order valence-corrected chi connectivity index (χ4v) is 4.48. The molecule has 2 heterocycles. The van der Waals surface area contributed by atoms with E-state index in [4.69, 9.17) is 4.98 Å². The van der Waals surface area contributed by atoms with Gasteiger partial charge in [-0.3, -0.25) is 9.69 Å². The van der Waals surface area contributed by atoms with Crippen LogP contribution in [0.1, 0.15) is 40.7 Å². The average Bonchev–Trinajstić information content (AvgIpc) is 3.28. The van der Waals surface area contributed by atoms with Gasteiger partial charge in [-0.2, -0.15) is 0 Å². The number of fused-ring (bicyclic) bond motifs is 2. The number of amides is 1. The highest BCUT2D eigenvalue weighted by atomic mass is 32.1. The monoisotopic (exact) mass is 367 g/mol. The van der Waals surface area contributed by atoms with Crippen molar-refractivity contribution in [1.82, 2.24) is 20.0 Å². The SMILES string of the molecule is C=CCN(C(=O)c1ccc2c(c1)nnn2CC)c1nc2c(s1)CCCC2. The third-order valence-corrected chi connectivity index (χ3v) is 5.86. The lowest BCUT2D eigenvalue weighted by molar-refractivity contribution is 0.0990. The first-order valence-electron chi connectivity index (χ1n) is 8.96. The lowest BCUT2D eigenvalue weighted by atomic mass is 10.0. The molecule has 0 unspecified atom stereocenters. The van der Waals surface area contributed by atoms with Crippen LogP contribution in [0, 0.1) is 0 Å². The van der Waals surface area contributed by atoms with Crippen molar-refractivity contribution < 1.29 is 4.79 Å². The minimum atomic E-state index is -0.0797. The molecule has 2 aromatic heterocycles. The molecule has 1 amide bonds. The molecule has 0 aliphatic heterocycles. The Kier molecular flexibility index (Phi) is 4.55. The van der Waals surface area contributed by atoms with Gasteiger partial charge < -0.3 is 0 Å². The molecule has 0 saturated heterocycles. The number of nitrogens with zero attached hydrogens (tertiary/aromatic N) is 5. The standard InChI is InChI=1S/C19H21N5OS/c1-3-11-23(19-20-14-7-5-6-8-17(14)26-19)18(25)13-9-10-16-15(12-13)21-22-24(16)4-2/h3,9-10,12H,1,4-8,11H2,2H3. The van der Waals surface area contributed by atoms with E-state index in [1.165, 1.54) is 17.7 Å². The van der Waals surface area contributed by atoms with Crippen molar-refractivity contribution >= 4 is 33.4 Å². The second kappa shape index (κ2) is 6.99. The van der Waals surface area contributed by atoms with Crippen LogP contribution in [0.25, 0.3) is 11.0 Å². The number of benzene rings is 1. The van der Waals surface area contributed by atoms with Crippen molar-refractivity contribution in [1.29, 1.82) is 0 Å². The maximum atomic E-state index is 13.2. The Hall–Kier alpha value is -2.54. The normalized spacial score (nSPS) is 13.6. The highest BCUT2D eigenvalue weighted by Gasteiger charge is 2.24. The molecule has 1 aliphatic carbocycles. The van der Waals surface area contributed by atoms with Crippen LogP contribution in [0.2, 0.25) is 0 Å². The molecule has 7 heteroatoms. The molecule has 4 rings (SSSR count). The second-order valence-corrected chi connectivity index (χ2v) is 7.45. The summed E-state index contributed by atoms with van der Waals surface area (Å²) in [7, 11) is 0. The van der Waals surface area contributed by atoms with Crippen LogP contribution >= 0.6 is 11.3 Å². The van der Waals surface area contributed by atoms with Gasteiger partial charge in [0.1, 0.15) is 5.52 Å². The van der Waals surface area contributed by atoms with Crippen molar-refractivity contribution in [3.05, 3.63) is 47.0 Å². The van der Waals surface area contributed by atoms with Crippen LogP contribution in [0.4, 0.5) is 5.13 Å². The number of hydrogen-bond acceptors (Lipinski definition) is 5. The fourth-order valence-electron chi connectivity index (χ4n) is 3.33. The zero-order valence-corrected chi connectivity index (χ0v) is 15.6. The van der Waals surface area contributed by atoms with Crippen LogP contribution in [0.3, 0.4) is 0 Å². The molecule has 3 aromatic rings. The summed E-state index contributed by atoms with van der Waals surface area (Å²) in [4.78, 5) is 20.9. The summed E-state index contributed by atoms with van der Waals surface area (Å²) >= 11 is 1.63. The van der Waals surface area contributed by atoms with Crippen LogP contribution in [-0.2, 0) is 19.4 Å². The van der Waals surface area contributed by atoms with Gasteiger partial charge in [-0.25, -0.2) is 9.67 Å². The maximum absolute atomic E-state index is 13.2. The maximum Gasteiger partial charge on any atom is 0.260 e. The molecular weight excluding hydrogens is 346 g/mol. The van der Waals surface area contributed by atoms with E-state index < -0.39 is 0 Å². The predicted octanol–water partition coefficient (Wildman–Crippen LogP) is 3.62. The lowest BCUT2D eigenvalue weighted by Gasteiger charge is -2.18. The minimum Gasteiger partial charge on any atom is -0.280 e. The smallest absolute Gasteiger partial charge is 0.260 e. The number of thiazole rings is 1. The largest absolute Gasteiger partial charge is 0.280 e. The Bertz CT molecular complexity index is 950. The molecule has 26 heavy (non-hydrogen) atoms. The zero-order valence-electron chi connectivity index (χ0n) is 14.8. The summed E-state index contributed by atoms with van der Waals surface area (Å²) in [6.07, 6.45) is 6.19. The van der Waals surface area contributed by atoms with Gasteiger partial charge in [0, 0.05) is 23.5 Å². The van der Waals surface area contributed by atoms with E-state index in [1.807, 2.05) is 23.7 Å². The summed E-state index contributed by atoms with van der Waals surface area (Å²) < 4.78 is 1.82. The first-order chi connectivity index (χ1) is 12.7. The third-order valence-electron chi connectivity index (χ3n) is 4.68. The number of rotatable bonds is 5.